The lowest BCUT2D eigenvalue weighted by molar-refractivity contribution is -0.132. The molecule has 6 rings (SSSR count). The molecule has 1 aromatic heterocycles. The third-order valence-corrected chi connectivity index (χ3v) is 10.2. The second-order valence-corrected chi connectivity index (χ2v) is 13.7. The number of rotatable bonds is 9. The van der Waals surface area contributed by atoms with Crippen LogP contribution in [0.1, 0.15) is 39.4 Å². The molecule has 10 heteroatoms. The van der Waals surface area contributed by atoms with Gasteiger partial charge in [-0.2, -0.15) is 0 Å². The van der Waals surface area contributed by atoms with Gasteiger partial charge in [0.05, 0.1) is 11.6 Å². The molecule has 0 spiro atoms. The third-order valence-electron chi connectivity index (χ3n) is 7.50. The van der Waals surface area contributed by atoms with Gasteiger partial charge in [-0.3, -0.25) is 14.5 Å². The van der Waals surface area contributed by atoms with E-state index >= 15 is 0 Å². The van der Waals surface area contributed by atoms with E-state index in [1.54, 1.807) is 24.3 Å². The maximum absolute atomic E-state index is 13.6. The van der Waals surface area contributed by atoms with Crippen LogP contribution >= 0.6 is 39.0 Å². The van der Waals surface area contributed by atoms with Crippen LogP contribution in [0, 0.1) is 13.8 Å². The molecule has 4 aromatic carbocycles. The summed E-state index contributed by atoms with van der Waals surface area (Å²) in [5.41, 5.74) is 5.58. The average Bonchev–Trinajstić information content (AvgIpc) is 3.62. The number of ketones is 1. The molecule has 1 amide bonds. The topological polar surface area (TPSA) is 92.6 Å². The molecule has 0 radical (unpaired) electrons. The number of halogens is 1. The number of hydrogen-bond donors (Lipinski definition) is 1. The van der Waals surface area contributed by atoms with Crippen molar-refractivity contribution in [3.63, 3.8) is 0 Å². The molecule has 1 saturated heterocycles. The van der Waals surface area contributed by atoms with Crippen LogP contribution in [0.15, 0.2) is 111 Å². The predicted molar refractivity (Wildman–Crippen MR) is 182 cm³/mol. The average molecular weight is 699 g/mol. The molecular formula is C35H28BrN3O4S2. The van der Waals surface area contributed by atoms with E-state index < -0.39 is 17.7 Å². The number of hydrogen-bond acceptors (Lipinski definition) is 8. The second kappa shape index (κ2) is 13.4. The van der Waals surface area contributed by atoms with Gasteiger partial charge in [-0.15, -0.1) is 10.2 Å². The summed E-state index contributed by atoms with van der Waals surface area (Å²) in [5, 5.41) is 20.4. The van der Waals surface area contributed by atoms with Crippen LogP contribution < -0.4 is 9.64 Å². The van der Waals surface area contributed by atoms with Gasteiger partial charge < -0.3 is 9.84 Å². The number of anilines is 1. The quantitative estimate of drug-likeness (QED) is 0.0544. The molecule has 0 aliphatic carbocycles. The number of Topliss-reactive ketones (excluding diaryl/α,β-unsaturated/α-hetero) is 1. The third kappa shape index (κ3) is 6.73. The monoisotopic (exact) mass is 697 g/mol. The lowest BCUT2D eigenvalue weighted by Crippen LogP contribution is -2.29. The van der Waals surface area contributed by atoms with Gasteiger partial charge in [-0.05, 0) is 72.5 Å². The molecule has 7 nitrogen and oxygen atoms in total. The lowest BCUT2D eigenvalue weighted by Gasteiger charge is -2.22. The largest absolute Gasteiger partial charge is 0.507 e. The first kappa shape index (κ1) is 30.8. The number of carbonyl (C=O) groups is 2. The molecule has 1 atom stereocenters. The highest BCUT2D eigenvalue weighted by molar-refractivity contribution is 9.10. The first-order valence-electron chi connectivity index (χ1n) is 14.1. The highest BCUT2D eigenvalue weighted by Crippen LogP contribution is 2.44. The number of thioether (sulfide) groups is 1. The van der Waals surface area contributed by atoms with Gasteiger partial charge in [0.1, 0.15) is 18.1 Å². The number of aryl methyl sites for hydroxylation is 2. The Morgan fingerprint density at radius 2 is 1.64 bits per heavy atom. The Kier molecular flexibility index (Phi) is 9.16. The van der Waals surface area contributed by atoms with Gasteiger partial charge in [0.25, 0.3) is 5.78 Å². The van der Waals surface area contributed by atoms with Crippen molar-refractivity contribution >= 4 is 61.6 Å². The molecule has 45 heavy (non-hydrogen) atoms. The molecule has 1 N–H and O–H groups in total. The highest BCUT2D eigenvalue weighted by Gasteiger charge is 2.48. The van der Waals surface area contributed by atoms with Gasteiger partial charge >= 0.3 is 5.91 Å². The van der Waals surface area contributed by atoms with Crippen molar-refractivity contribution in [2.45, 2.75) is 36.6 Å². The summed E-state index contributed by atoms with van der Waals surface area (Å²) in [5.74, 6) is -0.524. The number of ether oxygens (including phenoxy) is 1. The van der Waals surface area contributed by atoms with Gasteiger partial charge in [-0.1, -0.05) is 105 Å². The Labute approximate surface area is 277 Å². The SMILES string of the molecule is Cc1ccc(CSc2nnc(N3C(=O)C(=O)C(=C(O)c4ccc(OCc5ccccc5C)cc4)C3c3ccc(Br)cc3)s2)cc1. The van der Waals surface area contributed by atoms with Gasteiger partial charge in [0.2, 0.25) is 5.13 Å². The van der Waals surface area contributed by atoms with Crippen molar-refractivity contribution in [3.8, 4) is 5.75 Å². The van der Waals surface area contributed by atoms with Gasteiger partial charge in [0, 0.05) is 15.8 Å². The summed E-state index contributed by atoms with van der Waals surface area (Å²) in [6.07, 6.45) is 0. The molecule has 5 aromatic rings. The van der Waals surface area contributed by atoms with Crippen molar-refractivity contribution in [2.75, 3.05) is 4.90 Å². The lowest BCUT2D eigenvalue weighted by atomic mass is 9.95. The Morgan fingerprint density at radius 1 is 0.933 bits per heavy atom. The summed E-state index contributed by atoms with van der Waals surface area (Å²) in [4.78, 5) is 28.5. The molecule has 1 aliphatic heterocycles. The van der Waals surface area contributed by atoms with Crippen LogP contribution in [0.3, 0.4) is 0 Å². The fraction of sp³-hybridized carbons (Fsp3) is 0.143. The number of aliphatic hydroxyl groups is 1. The molecule has 1 aliphatic rings. The number of benzene rings is 4. The van der Waals surface area contributed by atoms with Crippen LogP contribution in [-0.4, -0.2) is 27.0 Å². The molecular weight excluding hydrogens is 670 g/mol. The van der Waals surface area contributed by atoms with Crippen molar-refractivity contribution < 1.29 is 19.4 Å². The van der Waals surface area contributed by atoms with Crippen LogP contribution in [0.4, 0.5) is 5.13 Å². The summed E-state index contributed by atoms with van der Waals surface area (Å²) in [6, 6.07) is 29.5. The van der Waals surface area contributed by atoms with Crippen LogP contribution in [0.5, 0.6) is 5.75 Å². The number of carbonyl (C=O) groups excluding carboxylic acids is 2. The minimum atomic E-state index is -0.891. The van der Waals surface area contributed by atoms with E-state index in [0.717, 1.165) is 21.2 Å². The number of aromatic nitrogens is 2. The molecule has 0 bridgehead atoms. The van der Waals surface area contributed by atoms with E-state index in [0.29, 0.717) is 33.6 Å². The zero-order valence-electron chi connectivity index (χ0n) is 24.4. The van der Waals surface area contributed by atoms with Crippen molar-refractivity contribution in [3.05, 3.63) is 140 Å². The molecule has 1 fully saturated rings. The maximum Gasteiger partial charge on any atom is 0.301 e. The van der Waals surface area contributed by atoms with Gasteiger partial charge in [-0.25, -0.2) is 0 Å². The van der Waals surface area contributed by atoms with Crippen LogP contribution in [0.2, 0.25) is 0 Å². The fourth-order valence-electron chi connectivity index (χ4n) is 4.98. The van der Waals surface area contributed by atoms with Crippen molar-refractivity contribution in [1.82, 2.24) is 10.2 Å². The molecule has 226 valence electrons. The van der Waals surface area contributed by atoms with Crippen LogP contribution in [-0.2, 0) is 21.9 Å². The summed E-state index contributed by atoms with van der Waals surface area (Å²) in [7, 11) is 0. The fourth-order valence-corrected chi connectivity index (χ4v) is 7.06. The molecule has 0 saturated carbocycles. The van der Waals surface area contributed by atoms with Gasteiger partial charge in [0.15, 0.2) is 4.34 Å². The highest BCUT2D eigenvalue weighted by atomic mass is 79.9. The number of amides is 1. The Balaban J connectivity index is 1.29. The number of aliphatic hydroxyl groups excluding tert-OH is 1. The Hall–Kier alpha value is -4.25. The smallest absolute Gasteiger partial charge is 0.301 e. The summed E-state index contributed by atoms with van der Waals surface area (Å²) in [6.45, 7) is 4.48. The standard InChI is InChI=1S/C35H28BrN3O4S2/c1-21-7-9-23(10-8-21)20-44-35-38-37-34(45-35)39-30(24-11-15-27(36)16-12-24)29(32(41)33(39)42)31(40)25-13-17-28(18-14-25)43-19-26-6-4-3-5-22(26)2/h3-18,30,40H,19-20H2,1-2H3. The van der Waals surface area contributed by atoms with Crippen LogP contribution in [0.25, 0.3) is 5.76 Å². The number of nitrogens with zero attached hydrogens (tertiary/aromatic N) is 3. The normalized spacial score (nSPS) is 15.9. The minimum Gasteiger partial charge on any atom is -0.507 e. The van der Waals surface area contributed by atoms with E-state index in [1.807, 2.05) is 62.4 Å². The van der Waals surface area contributed by atoms with E-state index in [9.17, 15) is 14.7 Å². The molecule has 2 heterocycles. The Morgan fingerprint density at radius 3 is 2.36 bits per heavy atom. The van der Waals surface area contributed by atoms with E-state index in [2.05, 4.69) is 50.4 Å². The van der Waals surface area contributed by atoms with Crippen molar-refractivity contribution in [2.24, 2.45) is 0 Å². The zero-order chi connectivity index (χ0) is 31.5. The van der Waals surface area contributed by atoms with E-state index in [4.69, 9.17) is 4.74 Å². The summed E-state index contributed by atoms with van der Waals surface area (Å²) >= 11 is 6.21. The summed E-state index contributed by atoms with van der Waals surface area (Å²) < 4.78 is 7.47. The first-order valence-corrected chi connectivity index (χ1v) is 16.7. The first-order chi connectivity index (χ1) is 21.8. The predicted octanol–water partition coefficient (Wildman–Crippen LogP) is 8.42. The van der Waals surface area contributed by atoms with E-state index in [-0.39, 0.29) is 16.5 Å². The zero-order valence-corrected chi connectivity index (χ0v) is 27.7. The second-order valence-electron chi connectivity index (χ2n) is 10.6. The van der Waals surface area contributed by atoms with Crippen molar-refractivity contribution in [1.29, 1.82) is 0 Å². The Bertz CT molecular complexity index is 1890. The minimum absolute atomic E-state index is 0.0139. The maximum atomic E-state index is 13.6. The van der Waals surface area contributed by atoms with E-state index in [1.165, 1.54) is 33.6 Å². The molecule has 1 unspecified atom stereocenters.